The van der Waals surface area contributed by atoms with Crippen LogP contribution in [-0.2, 0) is 19.5 Å². The van der Waals surface area contributed by atoms with Crippen molar-refractivity contribution in [3.63, 3.8) is 0 Å². The van der Waals surface area contributed by atoms with Gasteiger partial charge in [0.15, 0.2) is 5.82 Å². The Bertz CT molecular complexity index is 721. The molecule has 0 fully saturated rings. The summed E-state index contributed by atoms with van der Waals surface area (Å²) >= 11 is 1.68. The highest BCUT2D eigenvalue weighted by Gasteiger charge is 2.19. The maximum Gasteiger partial charge on any atom is 0.169 e. The first-order valence-corrected chi connectivity index (χ1v) is 7.86. The van der Waals surface area contributed by atoms with Gasteiger partial charge < -0.3 is 4.98 Å². The van der Waals surface area contributed by atoms with Gasteiger partial charge in [0, 0.05) is 43.7 Å². The third-order valence-electron chi connectivity index (χ3n) is 3.68. The highest BCUT2D eigenvalue weighted by Crippen LogP contribution is 2.24. The Morgan fingerprint density at radius 3 is 3.14 bits per heavy atom. The van der Waals surface area contributed by atoms with Crippen LogP contribution in [0.3, 0.4) is 0 Å². The zero-order valence-electron chi connectivity index (χ0n) is 11.5. The van der Waals surface area contributed by atoms with Gasteiger partial charge in [-0.25, -0.2) is 15.0 Å². The van der Waals surface area contributed by atoms with Crippen LogP contribution in [0, 0.1) is 0 Å². The first-order chi connectivity index (χ1) is 10.4. The Morgan fingerprint density at radius 1 is 1.33 bits per heavy atom. The number of H-pyrrole nitrogens is 1. The summed E-state index contributed by atoms with van der Waals surface area (Å²) in [6, 6.07) is 4.10. The molecule has 5 nitrogen and oxygen atoms in total. The van der Waals surface area contributed by atoms with E-state index in [1.165, 1.54) is 11.3 Å². The molecule has 0 bridgehead atoms. The molecule has 0 saturated heterocycles. The van der Waals surface area contributed by atoms with E-state index >= 15 is 0 Å². The molecule has 6 heteroatoms. The standard InChI is InChI=1S/C15H15N5S/c1-2-13(21-7-1)15-18-8-11-9-20(6-3-12(11)19-15)10-14-16-4-5-17-14/h1-2,4-5,7-8H,3,6,9-10H2,(H,16,17). The summed E-state index contributed by atoms with van der Waals surface area (Å²) in [7, 11) is 0. The fourth-order valence-corrected chi connectivity index (χ4v) is 3.29. The van der Waals surface area contributed by atoms with Crippen LogP contribution >= 0.6 is 11.3 Å². The van der Waals surface area contributed by atoms with Crippen molar-refractivity contribution in [1.82, 2.24) is 24.8 Å². The van der Waals surface area contributed by atoms with Crippen LogP contribution in [0.2, 0.25) is 0 Å². The molecule has 0 spiro atoms. The molecule has 0 amide bonds. The zero-order chi connectivity index (χ0) is 14.1. The average molecular weight is 297 g/mol. The Morgan fingerprint density at radius 2 is 2.33 bits per heavy atom. The molecule has 4 rings (SSSR count). The Hall–Kier alpha value is -2.05. The topological polar surface area (TPSA) is 57.7 Å². The number of nitrogens with zero attached hydrogens (tertiary/aromatic N) is 4. The molecule has 1 N–H and O–H groups in total. The van der Waals surface area contributed by atoms with Crippen molar-refractivity contribution in [2.75, 3.05) is 6.54 Å². The largest absolute Gasteiger partial charge is 0.348 e. The van der Waals surface area contributed by atoms with E-state index in [2.05, 4.69) is 31.3 Å². The van der Waals surface area contributed by atoms with Crippen molar-refractivity contribution in [2.24, 2.45) is 0 Å². The van der Waals surface area contributed by atoms with Crippen molar-refractivity contribution in [3.05, 3.63) is 53.2 Å². The fraction of sp³-hybridized carbons (Fsp3) is 0.267. The summed E-state index contributed by atoms with van der Waals surface area (Å²) in [4.78, 5) is 20.2. The number of hydrogen-bond donors (Lipinski definition) is 1. The zero-order valence-corrected chi connectivity index (χ0v) is 12.3. The van der Waals surface area contributed by atoms with Crippen molar-refractivity contribution < 1.29 is 0 Å². The van der Waals surface area contributed by atoms with Crippen LogP contribution < -0.4 is 0 Å². The second-order valence-electron chi connectivity index (χ2n) is 5.14. The molecule has 0 saturated carbocycles. The third-order valence-corrected chi connectivity index (χ3v) is 4.55. The average Bonchev–Trinajstić information content (AvgIpc) is 3.20. The number of aromatic amines is 1. The quantitative estimate of drug-likeness (QED) is 0.807. The van der Waals surface area contributed by atoms with Gasteiger partial charge in [0.05, 0.1) is 17.1 Å². The van der Waals surface area contributed by atoms with Crippen LogP contribution in [0.5, 0.6) is 0 Å². The summed E-state index contributed by atoms with van der Waals surface area (Å²) in [5, 5.41) is 2.06. The summed E-state index contributed by atoms with van der Waals surface area (Å²) in [6.45, 7) is 2.74. The molecule has 21 heavy (non-hydrogen) atoms. The molecule has 0 unspecified atom stereocenters. The van der Waals surface area contributed by atoms with Crippen LogP contribution in [-0.4, -0.2) is 31.4 Å². The van der Waals surface area contributed by atoms with Gasteiger partial charge in [0.25, 0.3) is 0 Å². The van der Waals surface area contributed by atoms with Gasteiger partial charge in [0.2, 0.25) is 0 Å². The predicted molar refractivity (Wildman–Crippen MR) is 81.8 cm³/mol. The molecule has 3 aromatic heterocycles. The van der Waals surface area contributed by atoms with E-state index in [0.29, 0.717) is 0 Å². The fourth-order valence-electron chi connectivity index (χ4n) is 2.63. The van der Waals surface area contributed by atoms with E-state index in [0.717, 1.165) is 42.6 Å². The van der Waals surface area contributed by atoms with Crippen molar-refractivity contribution in [2.45, 2.75) is 19.5 Å². The van der Waals surface area contributed by atoms with Gasteiger partial charge in [0.1, 0.15) is 5.82 Å². The van der Waals surface area contributed by atoms with Gasteiger partial charge in [-0.15, -0.1) is 11.3 Å². The van der Waals surface area contributed by atoms with E-state index in [-0.39, 0.29) is 0 Å². The monoisotopic (exact) mass is 297 g/mol. The summed E-state index contributed by atoms with van der Waals surface area (Å²) in [5.41, 5.74) is 2.41. The van der Waals surface area contributed by atoms with Gasteiger partial charge in [-0.2, -0.15) is 0 Å². The smallest absolute Gasteiger partial charge is 0.169 e. The van der Waals surface area contributed by atoms with Crippen molar-refractivity contribution >= 4 is 11.3 Å². The Kier molecular flexibility index (Phi) is 3.25. The van der Waals surface area contributed by atoms with Crippen molar-refractivity contribution in [1.29, 1.82) is 0 Å². The highest BCUT2D eigenvalue weighted by molar-refractivity contribution is 7.13. The lowest BCUT2D eigenvalue weighted by Crippen LogP contribution is -2.31. The number of hydrogen-bond acceptors (Lipinski definition) is 5. The van der Waals surface area contributed by atoms with Crippen molar-refractivity contribution in [3.8, 4) is 10.7 Å². The molecule has 106 valence electrons. The number of rotatable bonds is 3. The minimum atomic E-state index is 0.846. The van der Waals surface area contributed by atoms with E-state index in [4.69, 9.17) is 4.98 Å². The maximum atomic E-state index is 4.74. The number of nitrogens with one attached hydrogen (secondary N) is 1. The summed E-state index contributed by atoms with van der Waals surface area (Å²) < 4.78 is 0. The van der Waals surface area contributed by atoms with Gasteiger partial charge >= 0.3 is 0 Å². The normalized spacial score (nSPS) is 15.0. The van der Waals surface area contributed by atoms with Gasteiger partial charge in [-0.3, -0.25) is 4.90 Å². The molecule has 0 aromatic carbocycles. The van der Waals surface area contributed by atoms with E-state index < -0.39 is 0 Å². The molecule has 1 aliphatic rings. The number of imidazole rings is 1. The van der Waals surface area contributed by atoms with E-state index in [9.17, 15) is 0 Å². The Balaban J connectivity index is 1.54. The number of aromatic nitrogens is 4. The second-order valence-corrected chi connectivity index (χ2v) is 6.09. The number of fused-ring (bicyclic) bond motifs is 1. The minimum Gasteiger partial charge on any atom is -0.348 e. The Labute approximate surface area is 126 Å². The molecule has 0 radical (unpaired) electrons. The predicted octanol–water partition coefficient (Wildman–Crippen LogP) is 2.49. The van der Waals surface area contributed by atoms with Crippen LogP contribution in [0.4, 0.5) is 0 Å². The highest BCUT2D eigenvalue weighted by atomic mass is 32.1. The number of thiophene rings is 1. The molecule has 4 heterocycles. The van der Waals surface area contributed by atoms with Gasteiger partial charge in [-0.1, -0.05) is 6.07 Å². The SMILES string of the molecule is c1csc(-c2ncc3c(n2)CCN(Cc2ncc[nH]2)C3)c1. The van der Waals surface area contributed by atoms with E-state index in [1.807, 2.05) is 18.5 Å². The molecule has 0 atom stereocenters. The van der Waals surface area contributed by atoms with Gasteiger partial charge in [-0.05, 0) is 11.4 Å². The first-order valence-electron chi connectivity index (χ1n) is 6.98. The minimum absolute atomic E-state index is 0.846. The summed E-state index contributed by atoms with van der Waals surface area (Å²) in [5.74, 6) is 1.86. The molecular formula is C15H15N5S. The van der Waals surface area contributed by atoms with Crippen LogP contribution in [0.15, 0.2) is 36.1 Å². The lowest BCUT2D eigenvalue weighted by molar-refractivity contribution is 0.237. The summed E-state index contributed by atoms with van der Waals surface area (Å²) in [6.07, 6.45) is 6.61. The lowest BCUT2D eigenvalue weighted by atomic mass is 10.1. The molecule has 3 aromatic rings. The second kappa shape index (κ2) is 5.38. The molecular weight excluding hydrogens is 282 g/mol. The first kappa shape index (κ1) is 12.7. The third kappa shape index (κ3) is 2.59. The van der Waals surface area contributed by atoms with E-state index in [1.54, 1.807) is 17.5 Å². The van der Waals surface area contributed by atoms with Crippen LogP contribution in [0.1, 0.15) is 17.1 Å². The van der Waals surface area contributed by atoms with Crippen LogP contribution in [0.25, 0.3) is 10.7 Å². The molecule has 1 aliphatic heterocycles. The lowest BCUT2D eigenvalue weighted by Gasteiger charge is -2.27. The molecule has 0 aliphatic carbocycles. The maximum absolute atomic E-state index is 4.74.